The third kappa shape index (κ3) is 2.83. The molecule has 1 aromatic rings. The molecule has 17 heavy (non-hydrogen) atoms. The van der Waals surface area contributed by atoms with E-state index in [-0.39, 0.29) is 12.3 Å². The Hall–Kier alpha value is -1.40. The molecule has 2 heterocycles. The van der Waals surface area contributed by atoms with Gasteiger partial charge in [-0.2, -0.15) is 0 Å². The molecular formula is C11H16N2O4. The molecule has 94 valence electrons. The smallest absolute Gasteiger partial charge is 0.330 e. The summed E-state index contributed by atoms with van der Waals surface area (Å²) in [6, 6.07) is 1.30. The van der Waals surface area contributed by atoms with Crippen LogP contribution in [0, 0.1) is 0 Å². The molecule has 2 unspecified atom stereocenters. The van der Waals surface area contributed by atoms with Crippen LogP contribution in [0.5, 0.6) is 0 Å². The van der Waals surface area contributed by atoms with Crippen LogP contribution < -0.4 is 11.2 Å². The van der Waals surface area contributed by atoms with Crippen LogP contribution in [-0.4, -0.2) is 26.9 Å². The van der Waals surface area contributed by atoms with Gasteiger partial charge in [0.1, 0.15) is 6.23 Å². The summed E-state index contributed by atoms with van der Waals surface area (Å²) in [6.45, 7) is 1.71. The van der Waals surface area contributed by atoms with E-state index in [1.807, 2.05) is 0 Å². The Labute approximate surface area is 97.9 Å². The number of aromatic amines is 1. The molecule has 6 nitrogen and oxygen atoms in total. The van der Waals surface area contributed by atoms with Gasteiger partial charge in [0.15, 0.2) is 0 Å². The maximum atomic E-state index is 11.5. The Morgan fingerprint density at radius 1 is 1.59 bits per heavy atom. The molecule has 0 aromatic carbocycles. The molecular weight excluding hydrogens is 224 g/mol. The van der Waals surface area contributed by atoms with Crippen LogP contribution in [0.2, 0.25) is 0 Å². The number of aromatic nitrogens is 2. The zero-order valence-corrected chi connectivity index (χ0v) is 9.63. The van der Waals surface area contributed by atoms with E-state index in [4.69, 9.17) is 4.74 Å². The third-order valence-electron chi connectivity index (χ3n) is 2.85. The van der Waals surface area contributed by atoms with Crippen molar-refractivity contribution in [2.45, 2.75) is 44.6 Å². The van der Waals surface area contributed by atoms with Crippen LogP contribution in [0.4, 0.5) is 0 Å². The van der Waals surface area contributed by atoms with Gasteiger partial charge in [-0.25, -0.2) is 4.79 Å². The highest BCUT2D eigenvalue weighted by atomic mass is 16.5. The van der Waals surface area contributed by atoms with Gasteiger partial charge in [0.2, 0.25) is 0 Å². The standard InChI is InChI=1S/C11H16N2O4/c1-7(14)6-8-2-3-10(17-8)13-5-4-9(15)12-11(13)16/h4-5,7-8,10,14H,2-3,6H2,1H3,(H,12,15,16)/t7?,8-,10?/m0/s1. The molecule has 3 atom stereocenters. The third-order valence-corrected chi connectivity index (χ3v) is 2.85. The Morgan fingerprint density at radius 3 is 3.00 bits per heavy atom. The average Bonchev–Trinajstić information content (AvgIpc) is 2.65. The molecule has 1 aliphatic rings. The summed E-state index contributed by atoms with van der Waals surface area (Å²) < 4.78 is 7.04. The fraction of sp³-hybridized carbons (Fsp3) is 0.636. The van der Waals surface area contributed by atoms with E-state index in [1.165, 1.54) is 16.8 Å². The SMILES string of the molecule is CC(O)C[C@@H]1CCC(n2ccc(=O)[nH]c2=O)O1. The molecule has 0 saturated carbocycles. The minimum absolute atomic E-state index is 0.0289. The lowest BCUT2D eigenvalue weighted by Crippen LogP contribution is -2.31. The van der Waals surface area contributed by atoms with Crippen LogP contribution in [0.1, 0.15) is 32.4 Å². The first-order valence-electron chi connectivity index (χ1n) is 5.71. The molecule has 2 N–H and O–H groups in total. The number of aliphatic hydroxyl groups is 1. The Balaban J connectivity index is 2.10. The monoisotopic (exact) mass is 240 g/mol. The summed E-state index contributed by atoms with van der Waals surface area (Å²) in [6.07, 6.45) is 2.74. The molecule has 6 heteroatoms. The maximum absolute atomic E-state index is 11.5. The van der Waals surface area contributed by atoms with Crippen molar-refractivity contribution in [1.82, 2.24) is 9.55 Å². The van der Waals surface area contributed by atoms with Gasteiger partial charge < -0.3 is 9.84 Å². The quantitative estimate of drug-likeness (QED) is 0.778. The van der Waals surface area contributed by atoms with Crippen LogP contribution in [0.25, 0.3) is 0 Å². The Kier molecular flexibility index (Phi) is 3.44. The fourth-order valence-electron chi connectivity index (χ4n) is 2.10. The van der Waals surface area contributed by atoms with Gasteiger partial charge in [0.25, 0.3) is 5.56 Å². The lowest BCUT2D eigenvalue weighted by Gasteiger charge is -2.16. The lowest BCUT2D eigenvalue weighted by atomic mass is 10.1. The molecule has 0 aliphatic carbocycles. The van der Waals surface area contributed by atoms with E-state index in [0.29, 0.717) is 12.8 Å². The van der Waals surface area contributed by atoms with Crippen molar-refractivity contribution in [2.75, 3.05) is 0 Å². The second-order valence-corrected chi connectivity index (χ2v) is 4.39. The first kappa shape index (κ1) is 12.1. The van der Waals surface area contributed by atoms with Crippen LogP contribution in [-0.2, 0) is 4.74 Å². The number of hydrogen-bond donors (Lipinski definition) is 2. The normalized spacial score (nSPS) is 26.0. The number of ether oxygens (including phenoxy) is 1. The van der Waals surface area contributed by atoms with Gasteiger partial charge in [-0.3, -0.25) is 14.3 Å². The van der Waals surface area contributed by atoms with E-state index < -0.39 is 17.4 Å². The summed E-state index contributed by atoms with van der Waals surface area (Å²) in [4.78, 5) is 24.7. The molecule has 1 aromatic heterocycles. The summed E-state index contributed by atoms with van der Waals surface area (Å²) in [7, 11) is 0. The first-order valence-corrected chi connectivity index (χ1v) is 5.71. The van der Waals surface area contributed by atoms with Crippen molar-refractivity contribution in [3.63, 3.8) is 0 Å². The van der Waals surface area contributed by atoms with Crippen molar-refractivity contribution in [2.24, 2.45) is 0 Å². The number of hydrogen-bond acceptors (Lipinski definition) is 4. The van der Waals surface area contributed by atoms with Gasteiger partial charge in [0, 0.05) is 12.3 Å². The minimum Gasteiger partial charge on any atom is -0.393 e. The molecule has 2 rings (SSSR count). The molecule has 1 fully saturated rings. The summed E-state index contributed by atoms with van der Waals surface area (Å²) in [5.41, 5.74) is -0.870. The van der Waals surface area contributed by atoms with Crippen molar-refractivity contribution >= 4 is 0 Å². The summed E-state index contributed by atoms with van der Waals surface area (Å²) >= 11 is 0. The van der Waals surface area contributed by atoms with Crippen molar-refractivity contribution in [1.29, 1.82) is 0 Å². The van der Waals surface area contributed by atoms with Crippen LogP contribution in [0.3, 0.4) is 0 Å². The molecule has 0 bridgehead atoms. The number of nitrogens with one attached hydrogen (secondary N) is 1. The zero-order valence-electron chi connectivity index (χ0n) is 9.63. The van der Waals surface area contributed by atoms with Crippen LogP contribution in [0.15, 0.2) is 21.9 Å². The predicted molar refractivity (Wildman–Crippen MR) is 60.8 cm³/mol. The minimum atomic E-state index is -0.458. The van der Waals surface area contributed by atoms with E-state index in [1.54, 1.807) is 6.92 Å². The van der Waals surface area contributed by atoms with Gasteiger partial charge in [-0.1, -0.05) is 0 Å². The molecule has 0 radical (unpaired) electrons. The Bertz CT molecular complexity index is 491. The van der Waals surface area contributed by atoms with Crippen molar-refractivity contribution in [3.05, 3.63) is 33.1 Å². The van der Waals surface area contributed by atoms with E-state index in [2.05, 4.69) is 4.98 Å². The number of rotatable bonds is 3. The van der Waals surface area contributed by atoms with Crippen molar-refractivity contribution < 1.29 is 9.84 Å². The van der Waals surface area contributed by atoms with Crippen LogP contribution >= 0.6 is 0 Å². The molecule has 0 spiro atoms. The molecule has 0 amide bonds. The first-order chi connectivity index (χ1) is 8.06. The van der Waals surface area contributed by atoms with Gasteiger partial charge in [0.05, 0.1) is 12.2 Å². The van der Waals surface area contributed by atoms with Gasteiger partial charge in [-0.05, 0) is 26.2 Å². The highest BCUT2D eigenvalue weighted by Gasteiger charge is 2.27. The lowest BCUT2D eigenvalue weighted by molar-refractivity contribution is -0.0200. The molecule has 1 aliphatic heterocycles. The number of nitrogens with zero attached hydrogens (tertiary/aromatic N) is 1. The highest BCUT2D eigenvalue weighted by Crippen LogP contribution is 2.29. The maximum Gasteiger partial charge on any atom is 0.330 e. The average molecular weight is 240 g/mol. The Morgan fingerprint density at radius 2 is 2.35 bits per heavy atom. The summed E-state index contributed by atoms with van der Waals surface area (Å²) in [5, 5.41) is 9.26. The highest BCUT2D eigenvalue weighted by molar-refractivity contribution is 4.86. The summed E-state index contributed by atoms with van der Waals surface area (Å²) in [5.74, 6) is 0. The predicted octanol–water partition coefficient (Wildman–Crippen LogP) is -0.0149. The van der Waals surface area contributed by atoms with Gasteiger partial charge >= 0.3 is 5.69 Å². The topological polar surface area (TPSA) is 84.3 Å². The second kappa shape index (κ2) is 4.85. The largest absolute Gasteiger partial charge is 0.393 e. The van der Waals surface area contributed by atoms with E-state index in [9.17, 15) is 14.7 Å². The van der Waals surface area contributed by atoms with E-state index >= 15 is 0 Å². The van der Waals surface area contributed by atoms with Gasteiger partial charge in [-0.15, -0.1) is 0 Å². The number of H-pyrrole nitrogens is 1. The fourth-order valence-corrected chi connectivity index (χ4v) is 2.10. The zero-order chi connectivity index (χ0) is 12.4. The molecule has 1 saturated heterocycles. The van der Waals surface area contributed by atoms with Crippen molar-refractivity contribution in [3.8, 4) is 0 Å². The second-order valence-electron chi connectivity index (χ2n) is 4.39. The van der Waals surface area contributed by atoms with E-state index in [0.717, 1.165) is 6.42 Å². The number of aliphatic hydroxyl groups excluding tert-OH is 1.